The van der Waals surface area contributed by atoms with Crippen LogP contribution in [0.4, 0.5) is 5.00 Å². The van der Waals surface area contributed by atoms with E-state index in [4.69, 9.17) is 10.5 Å². The average Bonchev–Trinajstić information content (AvgIpc) is 2.27. The van der Waals surface area contributed by atoms with E-state index in [1.807, 2.05) is 13.8 Å². The van der Waals surface area contributed by atoms with Crippen molar-refractivity contribution in [3.63, 3.8) is 0 Å². The SMILES string of the molecule is CCOC(=O)c1c(N)sc(C)c1C. The molecule has 1 aromatic heterocycles. The number of hydrogen-bond acceptors (Lipinski definition) is 4. The summed E-state index contributed by atoms with van der Waals surface area (Å²) in [6, 6.07) is 0. The van der Waals surface area contributed by atoms with Crippen LogP contribution in [-0.4, -0.2) is 12.6 Å². The minimum absolute atomic E-state index is 0.318. The molecule has 72 valence electrons. The Morgan fingerprint density at radius 3 is 2.54 bits per heavy atom. The van der Waals surface area contributed by atoms with Crippen LogP contribution in [0.5, 0.6) is 0 Å². The highest BCUT2D eigenvalue weighted by Gasteiger charge is 2.18. The highest BCUT2D eigenvalue weighted by atomic mass is 32.1. The summed E-state index contributed by atoms with van der Waals surface area (Å²) in [5.74, 6) is -0.318. The van der Waals surface area contributed by atoms with E-state index in [9.17, 15) is 4.79 Å². The number of hydrogen-bond donors (Lipinski definition) is 1. The third-order valence-corrected chi connectivity index (χ3v) is 2.93. The van der Waals surface area contributed by atoms with Crippen LogP contribution in [0.2, 0.25) is 0 Å². The first kappa shape index (κ1) is 10.1. The highest BCUT2D eigenvalue weighted by Crippen LogP contribution is 2.29. The third-order valence-electron chi connectivity index (χ3n) is 1.89. The molecule has 3 nitrogen and oxygen atoms in total. The summed E-state index contributed by atoms with van der Waals surface area (Å²) in [7, 11) is 0. The Morgan fingerprint density at radius 2 is 2.15 bits per heavy atom. The van der Waals surface area contributed by atoms with Gasteiger partial charge in [0.05, 0.1) is 12.2 Å². The lowest BCUT2D eigenvalue weighted by Crippen LogP contribution is -2.07. The van der Waals surface area contributed by atoms with Gasteiger partial charge in [-0.25, -0.2) is 4.79 Å². The lowest BCUT2D eigenvalue weighted by molar-refractivity contribution is 0.0527. The van der Waals surface area contributed by atoms with Crippen molar-refractivity contribution < 1.29 is 9.53 Å². The zero-order chi connectivity index (χ0) is 10.0. The van der Waals surface area contributed by atoms with Crippen LogP contribution in [0, 0.1) is 13.8 Å². The number of carbonyl (C=O) groups is 1. The van der Waals surface area contributed by atoms with Gasteiger partial charge in [-0.05, 0) is 26.3 Å². The van der Waals surface area contributed by atoms with Crippen LogP contribution in [0.15, 0.2) is 0 Å². The molecule has 0 saturated heterocycles. The summed E-state index contributed by atoms with van der Waals surface area (Å²) in [4.78, 5) is 12.5. The number of esters is 1. The summed E-state index contributed by atoms with van der Waals surface area (Å²) < 4.78 is 4.89. The van der Waals surface area contributed by atoms with Gasteiger partial charge in [-0.15, -0.1) is 11.3 Å². The van der Waals surface area contributed by atoms with E-state index in [1.165, 1.54) is 11.3 Å². The summed E-state index contributed by atoms with van der Waals surface area (Å²) in [5.41, 5.74) is 7.15. The topological polar surface area (TPSA) is 52.3 Å². The van der Waals surface area contributed by atoms with Crippen LogP contribution < -0.4 is 5.73 Å². The Balaban J connectivity index is 3.06. The maximum atomic E-state index is 11.4. The van der Waals surface area contributed by atoms with Gasteiger partial charge in [0.1, 0.15) is 5.00 Å². The second kappa shape index (κ2) is 3.79. The van der Waals surface area contributed by atoms with Crippen LogP contribution in [0.25, 0.3) is 0 Å². The van der Waals surface area contributed by atoms with Crippen molar-refractivity contribution >= 4 is 22.3 Å². The molecule has 0 amide bonds. The van der Waals surface area contributed by atoms with Gasteiger partial charge in [0.15, 0.2) is 0 Å². The van der Waals surface area contributed by atoms with Crippen LogP contribution in [0.3, 0.4) is 0 Å². The Morgan fingerprint density at radius 1 is 1.54 bits per heavy atom. The fraction of sp³-hybridized carbons (Fsp3) is 0.444. The standard InChI is InChI=1S/C9H13NO2S/c1-4-12-9(11)7-5(2)6(3)13-8(7)10/h4,10H2,1-3H3. The zero-order valence-corrected chi connectivity index (χ0v) is 8.83. The molecule has 0 aliphatic carbocycles. The number of carbonyl (C=O) groups excluding carboxylic acids is 1. The van der Waals surface area contributed by atoms with Crippen molar-refractivity contribution in [2.75, 3.05) is 12.3 Å². The van der Waals surface area contributed by atoms with Gasteiger partial charge in [0.2, 0.25) is 0 Å². The summed E-state index contributed by atoms with van der Waals surface area (Å²) in [5, 5.41) is 0.549. The van der Waals surface area contributed by atoms with E-state index in [0.29, 0.717) is 17.2 Å². The van der Waals surface area contributed by atoms with Crippen LogP contribution >= 0.6 is 11.3 Å². The summed E-state index contributed by atoms with van der Waals surface area (Å²) >= 11 is 1.43. The van der Waals surface area contributed by atoms with Gasteiger partial charge in [-0.1, -0.05) is 0 Å². The van der Waals surface area contributed by atoms with Crippen LogP contribution in [0.1, 0.15) is 27.7 Å². The van der Waals surface area contributed by atoms with Gasteiger partial charge in [0.25, 0.3) is 0 Å². The number of nitrogens with two attached hydrogens (primary N) is 1. The molecule has 0 aliphatic rings. The molecule has 1 aromatic rings. The van der Waals surface area contributed by atoms with Crippen molar-refractivity contribution in [1.82, 2.24) is 0 Å². The predicted molar refractivity (Wildman–Crippen MR) is 54.2 cm³/mol. The molecule has 1 rings (SSSR count). The fourth-order valence-corrected chi connectivity index (χ4v) is 2.03. The Bertz CT molecular complexity index is 331. The summed E-state index contributed by atoms with van der Waals surface area (Å²) in [6.45, 7) is 5.99. The fourth-order valence-electron chi connectivity index (χ4n) is 1.11. The molecular weight excluding hydrogens is 186 g/mol. The molecular formula is C9H13NO2S. The van der Waals surface area contributed by atoms with E-state index in [1.54, 1.807) is 6.92 Å². The lowest BCUT2D eigenvalue weighted by atomic mass is 10.2. The maximum absolute atomic E-state index is 11.4. The van der Waals surface area contributed by atoms with Gasteiger partial charge >= 0.3 is 5.97 Å². The van der Waals surface area contributed by atoms with E-state index >= 15 is 0 Å². The Kier molecular flexibility index (Phi) is 2.93. The van der Waals surface area contributed by atoms with Crippen molar-refractivity contribution in [3.8, 4) is 0 Å². The first-order chi connectivity index (χ1) is 6.07. The van der Waals surface area contributed by atoms with Crippen molar-refractivity contribution in [1.29, 1.82) is 0 Å². The minimum atomic E-state index is -0.318. The van der Waals surface area contributed by atoms with Gasteiger partial charge in [-0.2, -0.15) is 0 Å². The number of nitrogen functional groups attached to an aromatic ring is 1. The normalized spacial score (nSPS) is 10.1. The maximum Gasteiger partial charge on any atom is 0.341 e. The van der Waals surface area contributed by atoms with Crippen LogP contribution in [-0.2, 0) is 4.74 Å². The minimum Gasteiger partial charge on any atom is -0.462 e. The Hall–Kier alpha value is -1.03. The molecule has 0 radical (unpaired) electrons. The molecule has 0 fully saturated rings. The van der Waals surface area contributed by atoms with Crippen molar-refractivity contribution in [3.05, 3.63) is 16.0 Å². The first-order valence-electron chi connectivity index (χ1n) is 4.10. The molecule has 1 heterocycles. The summed E-state index contributed by atoms with van der Waals surface area (Å²) in [6.07, 6.45) is 0. The van der Waals surface area contributed by atoms with Crippen molar-refractivity contribution in [2.24, 2.45) is 0 Å². The van der Waals surface area contributed by atoms with Gasteiger partial charge in [0, 0.05) is 4.88 Å². The monoisotopic (exact) mass is 199 g/mol. The first-order valence-corrected chi connectivity index (χ1v) is 4.92. The number of anilines is 1. The van der Waals surface area contributed by atoms with Gasteiger partial charge in [-0.3, -0.25) is 0 Å². The molecule has 0 aromatic carbocycles. The van der Waals surface area contributed by atoms with E-state index in [-0.39, 0.29) is 5.97 Å². The molecule has 0 bridgehead atoms. The van der Waals surface area contributed by atoms with E-state index < -0.39 is 0 Å². The molecule has 0 atom stereocenters. The lowest BCUT2D eigenvalue weighted by Gasteiger charge is -2.01. The molecule has 2 N–H and O–H groups in total. The number of ether oxygens (including phenoxy) is 1. The third kappa shape index (κ3) is 1.83. The predicted octanol–water partition coefficient (Wildman–Crippen LogP) is 2.12. The van der Waals surface area contributed by atoms with Crippen molar-refractivity contribution in [2.45, 2.75) is 20.8 Å². The quantitative estimate of drug-likeness (QED) is 0.742. The number of rotatable bonds is 2. The zero-order valence-electron chi connectivity index (χ0n) is 8.01. The molecule has 0 unspecified atom stereocenters. The van der Waals surface area contributed by atoms with Gasteiger partial charge < -0.3 is 10.5 Å². The molecule has 4 heteroatoms. The Labute approximate surface area is 81.5 Å². The largest absolute Gasteiger partial charge is 0.462 e. The van der Waals surface area contributed by atoms with E-state index in [2.05, 4.69) is 0 Å². The molecule has 0 saturated carbocycles. The average molecular weight is 199 g/mol. The van der Waals surface area contributed by atoms with E-state index in [0.717, 1.165) is 10.4 Å². The number of aryl methyl sites for hydroxylation is 1. The molecule has 13 heavy (non-hydrogen) atoms. The highest BCUT2D eigenvalue weighted by molar-refractivity contribution is 7.16. The second-order valence-electron chi connectivity index (χ2n) is 2.74. The molecule has 0 aliphatic heterocycles. The smallest absolute Gasteiger partial charge is 0.341 e. The molecule has 0 spiro atoms. The second-order valence-corrected chi connectivity index (χ2v) is 4.00. The number of thiophene rings is 1.